The van der Waals surface area contributed by atoms with Gasteiger partial charge in [0.25, 0.3) is 10.0 Å². The van der Waals surface area contributed by atoms with E-state index in [9.17, 15) is 13.2 Å². The Morgan fingerprint density at radius 3 is 2.24 bits per heavy atom. The van der Waals surface area contributed by atoms with Crippen molar-refractivity contribution >= 4 is 44.8 Å². The fourth-order valence-corrected chi connectivity index (χ4v) is 3.47. The van der Waals surface area contributed by atoms with Gasteiger partial charge in [-0.2, -0.15) is 0 Å². The van der Waals surface area contributed by atoms with Crippen molar-refractivity contribution in [3.8, 4) is 0 Å². The number of hydrogen-bond donors (Lipinski definition) is 2. The summed E-state index contributed by atoms with van der Waals surface area (Å²) >= 11 is 11.7. The van der Waals surface area contributed by atoms with Gasteiger partial charge in [-0.3, -0.25) is 14.9 Å². The molecule has 25 heavy (non-hydrogen) atoms. The average Bonchev–Trinajstić information content (AvgIpc) is 2.50. The molecule has 0 aromatic heterocycles. The molecule has 0 aliphatic carbocycles. The number of carbonyl (C=O) groups is 1. The van der Waals surface area contributed by atoms with E-state index in [2.05, 4.69) is 10.1 Å². The molecule has 0 spiro atoms. The van der Waals surface area contributed by atoms with Crippen molar-refractivity contribution in [3.05, 3.63) is 58.1 Å². The van der Waals surface area contributed by atoms with Crippen molar-refractivity contribution in [1.82, 2.24) is 10.4 Å². The van der Waals surface area contributed by atoms with Gasteiger partial charge in [-0.1, -0.05) is 35.3 Å². The second-order valence-electron chi connectivity index (χ2n) is 5.48. The number of rotatable bonds is 6. The number of hydrogen-bond acceptors (Lipinski definition) is 4. The van der Waals surface area contributed by atoms with Crippen LogP contribution in [0.15, 0.2) is 47.4 Å². The highest BCUT2D eigenvalue weighted by molar-refractivity contribution is 7.92. The first-order valence-electron chi connectivity index (χ1n) is 7.21. The van der Waals surface area contributed by atoms with Crippen molar-refractivity contribution in [2.24, 2.45) is 0 Å². The summed E-state index contributed by atoms with van der Waals surface area (Å²) < 4.78 is 27.2. The Bertz CT molecular complexity index is 869. The van der Waals surface area contributed by atoms with Crippen LogP contribution in [0.3, 0.4) is 0 Å². The van der Waals surface area contributed by atoms with E-state index in [1.165, 1.54) is 18.2 Å². The maximum absolute atomic E-state index is 12.4. The third kappa shape index (κ3) is 5.61. The Morgan fingerprint density at radius 2 is 1.68 bits per heavy atom. The second kappa shape index (κ2) is 8.05. The average molecular weight is 402 g/mol. The molecule has 2 aromatic carbocycles. The molecule has 134 valence electrons. The molecule has 0 radical (unpaired) electrons. The van der Waals surface area contributed by atoms with Gasteiger partial charge in [0.15, 0.2) is 0 Å². The van der Waals surface area contributed by atoms with Crippen molar-refractivity contribution in [2.75, 3.05) is 18.8 Å². The molecule has 0 aliphatic rings. The zero-order chi connectivity index (χ0) is 18.6. The highest BCUT2D eigenvalue weighted by Crippen LogP contribution is 2.26. The van der Waals surface area contributed by atoms with Gasteiger partial charge in [0.2, 0.25) is 5.91 Å². The van der Waals surface area contributed by atoms with Crippen molar-refractivity contribution < 1.29 is 13.2 Å². The predicted molar refractivity (Wildman–Crippen MR) is 99.2 cm³/mol. The first kappa shape index (κ1) is 19.5. The lowest BCUT2D eigenvalue weighted by atomic mass is 10.1. The number of nitrogens with one attached hydrogen (secondary N) is 2. The van der Waals surface area contributed by atoms with Crippen LogP contribution < -0.4 is 10.1 Å². The summed E-state index contributed by atoms with van der Waals surface area (Å²) in [5.41, 5.74) is 3.77. The number of halogens is 2. The monoisotopic (exact) mass is 401 g/mol. The fraction of sp³-hybridized carbons (Fsp3) is 0.188. The number of sulfonamides is 1. The van der Waals surface area contributed by atoms with Gasteiger partial charge in [-0.05, 0) is 35.9 Å². The molecule has 2 N–H and O–H groups in total. The standard InChI is InChI=1S/C16H17Cl2N3O3S/c1-21(2)19-16(22)9-11-3-5-12(6-4-11)20-25(23,24)13-7-8-14(17)15(18)10-13/h3-8,10,20H,9H2,1-2H3,(H,19,22). The molecule has 0 saturated heterocycles. The van der Waals surface area contributed by atoms with E-state index in [0.717, 1.165) is 5.56 Å². The third-order valence-electron chi connectivity index (χ3n) is 3.12. The Hall–Kier alpha value is -1.80. The summed E-state index contributed by atoms with van der Waals surface area (Å²) in [5.74, 6) is -0.158. The Morgan fingerprint density at radius 1 is 1.04 bits per heavy atom. The Kier molecular flexibility index (Phi) is 6.29. The van der Waals surface area contributed by atoms with E-state index >= 15 is 0 Å². The van der Waals surface area contributed by atoms with Gasteiger partial charge >= 0.3 is 0 Å². The minimum atomic E-state index is -3.78. The highest BCUT2D eigenvalue weighted by atomic mass is 35.5. The van der Waals surface area contributed by atoms with Crippen molar-refractivity contribution in [3.63, 3.8) is 0 Å². The van der Waals surface area contributed by atoms with Crippen molar-refractivity contribution in [1.29, 1.82) is 0 Å². The molecule has 9 heteroatoms. The van der Waals surface area contributed by atoms with Crippen LogP contribution in [0.5, 0.6) is 0 Å². The number of amides is 1. The zero-order valence-electron chi connectivity index (χ0n) is 13.6. The number of carbonyl (C=O) groups excluding carboxylic acids is 1. The topological polar surface area (TPSA) is 78.5 Å². The fourth-order valence-electron chi connectivity index (χ4n) is 2.02. The minimum Gasteiger partial charge on any atom is -0.289 e. The van der Waals surface area contributed by atoms with Crippen LogP contribution in [0.25, 0.3) is 0 Å². The predicted octanol–water partition coefficient (Wildman–Crippen LogP) is 2.93. The van der Waals surface area contributed by atoms with Crippen LogP contribution >= 0.6 is 23.2 Å². The molecule has 2 rings (SSSR count). The van der Waals surface area contributed by atoms with E-state index in [-0.39, 0.29) is 27.3 Å². The van der Waals surface area contributed by atoms with Gasteiger partial charge in [0, 0.05) is 19.8 Å². The van der Waals surface area contributed by atoms with E-state index in [0.29, 0.717) is 5.69 Å². The van der Waals surface area contributed by atoms with Gasteiger partial charge in [0.05, 0.1) is 21.4 Å². The second-order valence-corrected chi connectivity index (χ2v) is 7.98. The van der Waals surface area contributed by atoms with Crippen LogP contribution in [0, 0.1) is 0 Å². The summed E-state index contributed by atoms with van der Waals surface area (Å²) in [6, 6.07) is 10.6. The van der Waals surface area contributed by atoms with Gasteiger partial charge < -0.3 is 0 Å². The van der Waals surface area contributed by atoms with E-state index in [4.69, 9.17) is 23.2 Å². The van der Waals surface area contributed by atoms with Crippen LogP contribution in [-0.4, -0.2) is 33.4 Å². The number of anilines is 1. The van der Waals surface area contributed by atoms with E-state index in [1.54, 1.807) is 43.4 Å². The summed E-state index contributed by atoms with van der Waals surface area (Å²) in [6.45, 7) is 0. The number of hydrazine groups is 1. The maximum Gasteiger partial charge on any atom is 0.261 e. The first-order chi connectivity index (χ1) is 11.7. The zero-order valence-corrected chi connectivity index (χ0v) is 15.9. The maximum atomic E-state index is 12.4. The molecule has 0 bridgehead atoms. The Labute approximate surface area is 156 Å². The van der Waals surface area contributed by atoms with Crippen LogP contribution in [0.4, 0.5) is 5.69 Å². The molecule has 0 aliphatic heterocycles. The summed E-state index contributed by atoms with van der Waals surface area (Å²) in [6.07, 6.45) is 0.192. The van der Waals surface area contributed by atoms with Gasteiger partial charge in [0.1, 0.15) is 0 Å². The molecular formula is C16H17Cl2N3O3S. The normalized spacial score (nSPS) is 11.4. The summed E-state index contributed by atoms with van der Waals surface area (Å²) in [5, 5.41) is 2.00. The molecule has 0 saturated carbocycles. The van der Waals surface area contributed by atoms with Gasteiger partial charge in [-0.25, -0.2) is 13.4 Å². The van der Waals surface area contributed by atoms with Gasteiger partial charge in [-0.15, -0.1) is 0 Å². The minimum absolute atomic E-state index is 0.0105. The van der Waals surface area contributed by atoms with E-state index in [1.807, 2.05) is 0 Å². The quantitative estimate of drug-likeness (QED) is 0.729. The molecule has 0 fully saturated rings. The highest BCUT2D eigenvalue weighted by Gasteiger charge is 2.16. The smallest absolute Gasteiger partial charge is 0.261 e. The molecule has 6 nitrogen and oxygen atoms in total. The largest absolute Gasteiger partial charge is 0.289 e. The van der Waals surface area contributed by atoms with Crippen LogP contribution in [0.2, 0.25) is 10.0 Å². The van der Waals surface area contributed by atoms with Crippen LogP contribution in [-0.2, 0) is 21.2 Å². The summed E-state index contributed by atoms with van der Waals surface area (Å²) in [4.78, 5) is 11.7. The van der Waals surface area contributed by atoms with Crippen molar-refractivity contribution in [2.45, 2.75) is 11.3 Å². The molecule has 1 amide bonds. The molecule has 2 aromatic rings. The SMILES string of the molecule is CN(C)NC(=O)Cc1ccc(NS(=O)(=O)c2ccc(Cl)c(Cl)c2)cc1. The lowest BCUT2D eigenvalue weighted by Gasteiger charge is -2.12. The molecule has 0 unspecified atom stereocenters. The lowest BCUT2D eigenvalue weighted by Crippen LogP contribution is -2.37. The molecule has 0 atom stereocenters. The number of benzene rings is 2. The molecule has 0 heterocycles. The third-order valence-corrected chi connectivity index (χ3v) is 5.24. The lowest BCUT2D eigenvalue weighted by molar-refractivity contribution is -0.124. The van der Waals surface area contributed by atoms with Crippen LogP contribution in [0.1, 0.15) is 5.56 Å². The van der Waals surface area contributed by atoms with E-state index < -0.39 is 10.0 Å². The number of nitrogens with zero attached hydrogens (tertiary/aromatic N) is 1. The Balaban J connectivity index is 2.09. The first-order valence-corrected chi connectivity index (χ1v) is 9.45. The molecular weight excluding hydrogens is 385 g/mol. The summed E-state index contributed by atoms with van der Waals surface area (Å²) in [7, 11) is -0.341.